The lowest BCUT2D eigenvalue weighted by Crippen LogP contribution is -2.33. The Morgan fingerprint density at radius 3 is 2.50 bits per heavy atom. The van der Waals surface area contributed by atoms with Crippen molar-refractivity contribution in [1.29, 1.82) is 0 Å². The lowest BCUT2D eigenvalue weighted by molar-refractivity contribution is -0.131. The monoisotopic (exact) mass is 271 g/mol. The highest BCUT2D eigenvalue weighted by atomic mass is 16.3. The number of hydrogen-bond acceptors (Lipinski definition) is 2. The quantitative estimate of drug-likeness (QED) is 0.830. The van der Waals surface area contributed by atoms with Crippen LogP contribution in [0.25, 0.3) is 11.3 Å². The lowest BCUT2D eigenvalue weighted by atomic mass is 10.2. The minimum absolute atomic E-state index is 0.151. The summed E-state index contributed by atoms with van der Waals surface area (Å²) in [5.41, 5.74) is 1.06. The van der Waals surface area contributed by atoms with Crippen molar-refractivity contribution >= 4 is 5.91 Å². The van der Waals surface area contributed by atoms with Gasteiger partial charge in [0.2, 0.25) is 5.91 Å². The van der Waals surface area contributed by atoms with Gasteiger partial charge in [0.05, 0.1) is 0 Å². The van der Waals surface area contributed by atoms with Gasteiger partial charge < -0.3 is 9.32 Å². The minimum Gasteiger partial charge on any atom is -0.461 e. The molecule has 0 spiro atoms. The maximum absolute atomic E-state index is 11.9. The number of carbonyl (C=O) groups is 1. The fourth-order valence-corrected chi connectivity index (χ4v) is 1.96. The van der Waals surface area contributed by atoms with Crippen LogP contribution in [0.1, 0.15) is 26.0 Å². The van der Waals surface area contributed by atoms with Crippen LogP contribution in [-0.4, -0.2) is 23.9 Å². The number of furan rings is 1. The number of rotatable bonds is 5. The Balaban J connectivity index is 1.96. The minimum atomic E-state index is 0.151. The first-order valence-corrected chi connectivity index (χ1v) is 6.97. The highest BCUT2D eigenvalue weighted by Crippen LogP contribution is 2.22. The van der Waals surface area contributed by atoms with Crippen molar-refractivity contribution in [3.63, 3.8) is 0 Å². The molecule has 2 aromatic rings. The van der Waals surface area contributed by atoms with Crippen LogP contribution < -0.4 is 0 Å². The second-order valence-corrected chi connectivity index (χ2v) is 5.23. The molecule has 0 bridgehead atoms. The predicted octanol–water partition coefficient (Wildman–Crippen LogP) is 3.75. The molecule has 2 rings (SSSR count). The van der Waals surface area contributed by atoms with Crippen LogP contribution in [0, 0.1) is 0 Å². The Morgan fingerprint density at radius 2 is 1.85 bits per heavy atom. The van der Waals surface area contributed by atoms with Crippen LogP contribution in [0.2, 0.25) is 0 Å². The Morgan fingerprint density at radius 1 is 1.15 bits per heavy atom. The van der Waals surface area contributed by atoms with Crippen LogP contribution in [0.5, 0.6) is 0 Å². The molecule has 0 saturated heterocycles. The SMILES string of the molecule is CC(C)N(C)C(=O)CCc1ccc(-c2ccccc2)o1. The van der Waals surface area contributed by atoms with E-state index in [1.54, 1.807) is 4.90 Å². The Bertz CT molecular complexity index is 557. The summed E-state index contributed by atoms with van der Waals surface area (Å²) >= 11 is 0. The summed E-state index contributed by atoms with van der Waals surface area (Å²) in [4.78, 5) is 13.7. The fraction of sp³-hybridized carbons (Fsp3) is 0.353. The standard InChI is InChI=1S/C17H21NO2/c1-13(2)18(3)17(19)12-10-15-9-11-16(20-15)14-7-5-4-6-8-14/h4-9,11,13H,10,12H2,1-3H3. The molecule has 3 heteroatoms. The van der Waals surface area contributed by atoms with Crippen molar-refractivity contribution in [3.05, 3.63) is 48.2 Å². The number of benzene rings is 1. The molecule has 3 nitrogen and oxygen atoms in total. The molecular weight excluding hydrogens is 250 g/mol. The maximum Gasteiger partial charge on any atom is 0.222 e. The molecule has 0 N–H and O–H groups in total. The van der Waals surface area contributed by atoms with Gasteiger partial charge in [-0.25, -0.2) is 0 Å². The van der Waals surface area contributed by atoms with Crippen molar-refractivity contribution in [2.24, 2.45) is 0 Å². The third-order valence-corrected chi connectivity index (χ3v) is 3.47. The van der Waals surface area contributed by atoms with Gasteiger partial charge in [-0.15, -0.1) is 0 Å². The van der Waals surface area contributed by atoms with Crippen LogP contribution in [0.4, 0.5) is 0 Å². The Kier molecular flexibility index (Phi) is 4.61. The van der Waals surface area contributed by atoms with Crippen molar-refractivity contribution in [3.8, 4) is 11.3 Å². The van der Waals surface area contributed by atoms with E-state index in [0.29, 0.717) is 12.8 Å². The largest absolute Gasteiger partial charge is 0.461 e. The van der Waals surface area contributed by atoms with E-state index >= 15 is 0 Å². The second kappa shape index (κ2) is 6.42. The first kappa shape index (κ1) is 14.4. The highest BCUT2D eigenvalue weighted by molar-refractivity contribution is 5.76. The van der Waals surface area contributed by atoms with E-state index in [1.165, 1.54) is 0 Å². The molecule has 0 fully saturated rings. The van der Waals surface area contributed by atoms with Crippen LogP contribution in [-0.2, 0) is 11.2 Å². The summed E-state index contributed by atoms with van der Waals surface area (Å²) in [5, 5.41) is 0. The van der Waals surface area contributed by atoms with Crippen LogP contribution in [0.3, 0.4) is 0 Å². The number of hydrogen-bond donors (Lipinski definition) is 0. The first-order valence-electron chi connectivity index (χ1n) is 6.97. The lowest BCUT2D eigenvalue weighted by Gasteiger charge is -2.21. The van der Waals surface area contributed by atoms with E-state index in [1.807, 2.05) is 63.4 Å². The van der Waals surface area contributed by atoms with E-state index in [-0.39, 0.29) is 11.9 Å². The molecule has 0 radical (unpaired) electrons. The molecule has 0 aliphatic heterocycles. The van der Waals surface area contributed by atoms with Gasteiger partial charge in [0.15, 0.2) is 0 Å². The Hall–Kier alpha value is -2.03. The topological polar surface area (TPSA) is 33.5 Å². The first-order chi connectivity index (χ1) is 9.58. The maximum atomic E-state index is 11.9. The number of aryl methyl sites for hydroxylation is 1. The number of nitrogens with zero attached hydrogens (tertiary/aromatic N) is 1. The van der Waals surface area contributed by atoms with Gasteiger partial charge in [-0.1, -0.05) is 30.3 Å². The third kappa shape index (κ3) is 3.50. The van der Waals surface area contributed by atoms with Crippen LogP contribution in [0.15, 0.2) is 46.9 Å². The molecule has 1 heterocycles. The molecule has 106 valence electrons. The zero-order chi connectivity index (χ0) is 14.5. The van der Waals surface area contributed by atoms with Gasteiger partial charge in [-0.3, -0.25) is 4.79 Å². The van der Waals surface area contributed by atoms with E-state index in [0.717, 1.165) is 17.1 Å². The van der Waals surface area contributed by atoms with Gasteiger partial charge >= 0.3 is 0 Å². The third-order valence-electron chi connectivity index (χ3n) is 3.47. The molecule has 20 heavy (non-hydrogen) atoms. The highest BCUT2D eigenvalue weighted by Gasteiger charge is 2.13. The summed E-state index contributed by atoms with van der Waals surface area (Å²) in [6, 6.07) is 14.1. The van der Waals surface area contributed by atoms with Crippen molar-refractivity contribution < 1.29 is 9.21 Å². The molecule has 1 aromatic heterocycles. The predicted molar refractivity (Wildman–Crippen MR) is 80.4 cm³/mol. The number of carbonyl (C=O) groups excluding carboxylic acids is 1. The molecule has 0 saturated carbocycles. The normalized spacial score (nSPS) is 10.8. The number of amides is 1. The second-order valence-electron chi connectivity index (χ2n) is 5.23. The summed E-state index contributed by atoms with van der Waals surface area (Å²) < 4.78 is 5.79. The average molecular weight is 271 g/mol. The van der Waals surface area contributed by atoms with E-state index in [4.69, 9.17) is 4.42 Å². The smallest absolute Gasteiger partial charge is 0.222 e. The Labute approximate surface area is 120 Å². The zero-order valence-corrected chi connectivity index (χ0v) is 12.3. The molecule has 1 aromatic carbocycles. The van der Waals surface area contributed by atoms with Gasteiger partial charge in [-0.2, -0.15) is 0 Å². The van der Waals surface area contributed by atoms with Gasteiger partial charge in [0.25, 0.3) is 0 Å². The summed E-state index contributed by atoms with van der Waals surface area (Å²) in [5.74, 6) is 1.86. The molecule has 0 atom stereocenters. The molecule has 0 unspecified atom stereocenters. The zero-order valence-electron chi connectivity index (χ0n) is 12.3. The van der Waals surface area contributed by atoms with E-state index in [9.17, 15) is 4.79 Å². The average Bonchev–Trinajstić information content (AvgIpc) is 2.93. The van der Waals surface area contributed by atoms with E-state index in [2.05, 4.69) is 0 Å². The molecule has 0 aliphatic carbocycles. The van der Waals surface area contributed by atoms with Gasteiger partial charge in [0.1, 0.15) is 11.5 Å². The molecule has 1 amide bonds. The fourth-order valence-electron chi connectivity index (χ4n) is 1.96. The molecular formula is C17H21NO2. The van der Waals surface area contributed by atoms with Gasteiger partial charge in [0, 0.05) is 31.5 Å². The van der Waals surface area contributed by atoms with Gasteiger partial charge in [-0.05, 0) is 26.0 Å². The molecule has 0 aliphatic rings. The van der Waals surface area contributed by atoms with E-state index < -0.39 is 0 Å². The summed E-state index contributed by atoms with van der Waals surface area (Å²) in [7, 11) is 1.84. The van der Waals surface area contributed by atoms with Crippen LogP contribution >= 0.6 is 0 Å². The summed E-state index contributed by atoms with van der Waals surface area (Å²) in [6.07, 6.45) is 1.12. The summed E-state index contributed by atoms with van der Waals surface area (Å²) in [6.45, 7) is 4.02. The van der Waals surface area contributed by atoms with Crippen molar-refractivity contribution in [2.45, 2.75) is 32.7 Å². The van der Waals surface area contributed by atoms with Crippen molar-refractivity contribution in [2.75, 3.05) is 7.05 Å². The van der Waals surface area contributed by atoms with Crippen molar-refractivity contribution in [1.82, 2.24) is 4.90 Å².